The number of hydrogen-bond donors (Lipinski definition) is 1. The molecular weight excluding hydrogens is 270 g/mol. The molecule has 2 aromatic heterocycles. The van der Waals surface area contributed by atoms with Gasteiger partial charge in [-0.1, -0.05) is 0 Å². The molecule has 1 N–H and O–H groups in total. The first-order valence-electron chi connectivity index (χ1n) is 7.23. The zero-order valence-electron chi connectivity index (χ0n) is 12.3. The van der Waals surface area contributed by atoms with E-state index in [1.54, 1.807) is 11.3 Å². The quantitative estimate of drug-likeness (QED) is 0.940. The summed E-state index contributed by atoms with van der Waals surface area (Å²) in [5.74, 6) is 2.21. The van der Waals surface area contributed by atoms with E-state index in [1.807, 2.05) is 0 Å². The van der Waals surface area contributed by atoms with Crippen LogP contribution in [0.5, 0.6) is 0 Å². The number of aryl methyl sites for hydroxylation is 3. The second kappa shape index (κ2) is 5.61. The molecule has 0 spiro atoms. The maximum absolute atomic E-state index is 4.47. The van der Waals surface area contributed by atoms with Crippen LogP contribution >= 0.6 is 11.3 Å². The van der Waals surface area contributed by atoms with Crippen molar-refractivity contribution in [2.24, 2.45) is 0 Å². The van der Waals surface area contributed by atoms with Crippen LogP contribution < -0.4 is 5.32 Å². The van der Waals surface area contributed by atoms with E-state index in [0.717, 1.165) is 41.9 Å². The second-order valence-corrected chi connectivity index (χ2v) is 6.71. The molecule has 108 valence electrons. The predicted octanol–water partition coefficient (Wildman–Crippen LogP) is 2.54. The lowest BCUT2D eigenvalue weighted by molar-refractivity contribution is 0.466. The minimum absolute atomic E-state index is 0.219. The Bertz CT molecular complexity index is 601. The molecule has 0 radical (unpaired) electrons. The molecule has 0 aliphatic carbocycles. The van der Waals surface area contributed by atoms with E-state index in [1.165, 1.54) is 17.7 Å². The average molecular weight is 291 g/mol. The van der Waals surface area contributed by atoms with Crippen molar-refractivity contribution < 1.29 is 0 Å². The summed E-state index contributed by atoms with van der Waals surface area (Å²) in [5, 5.41) is 13.4. The van der Waals surface area contributed by atoms with E-state index in [-0.39, 0.29) is 6.04 Å². The smallest absolute Gasteiger partial charge is 0.149 e. The Morgan fingerprint density at radius 3 is 2.90 bits per heavy atom. The van der Waals surface area contributed by atoms with Crippen LogP contribution in [0.4, 0.5) is 0 Å². The van der Waals surface area contributed by atoms with Gasteiger partial charge >= 0.3 is 0 Å². The van der Waals surface area contributed by atoms with Crippen molar-refractivity contribution in [1.82, 2.24) is 25.1 Å². The van der Waals surface area contributed by atoms with Crippen molar-refractivity contribution in [3.8, 4) is 0 Å². The summed E-state index contributed by atoms with van der Waals surface area (Å²) in [4.78, 5) is 5.78. The lowest BCUT2D eigenvalue weighted by atomic mass is 10.1. The zero-order valence-corrected chi connectivity index (χ0v) is 13.1. The second-order valence-electron chi connectivity index (χ2n) is 5.43. The molecule has 0 saturated carbocycles. The molecule has 1 aliphatic rings. The minimum atomic E-state index is 0.219. The lowest BCUT2D eigenvalue weighted by Gasteiger charge is -2.18. The van der Waals surface area contributed by atoms with Crippen LogP contribution in [-0.2, 0) is 19.5 Å². The number of rotatable bonds is 4. The predicted molar refractivity (Wildman–Crippen MR) is 79.8 cm³/mol. The Kier molecular flexibility index (Phi) is 3.85. The molecule has 0 saturated heterocycles. The number of hydrogen-bond acceptors (Lipinski definition) is 5. The largest absolute Gasteiger partial charge is 0.314 e. The van der Waals surface area contributed by atoms with Crippen LogP contribution in [0.15, 0.2) is 0 Å². The highest BCUT2D eigenvalue weighted by Crippen LogP contribution is 2.21. The molecule has 0 amide bonds. The Hall–Kier alpha value is -1.27. The maximum Gasteiger partial charge on any atom is 0.149 e. The van der Waals surface area contributed by atoms with Crippen LogP contribution in [0.1, 0.15) is 53.0 Å². The molecule has 1 atom stereocenters. The van der Waals surface area contributed by atoms with Gasteiger partial charge in [0.1, 0.15) is 11.6 Å². The third-order valence-corrected chi connectivity index (χ3v) is 4.92. The highest BCUT2D eigenvalue weighted by molar-refractivity contribution is 7.11. The fourth-order valence-electron chi connectivity index (χ4n) is 2.73. The van der Waals surface area contributed by atoms with Gasteiger partial charge in [0, 0.05) is 24.4 Å². The molecule has 0 aromatic carbocycles. The van der Waals surface area contributed by atoms with Crippen molar-refractivity contribution in [2.75, 3.05) is 0 Å². The van der Waals surface area contributed by atoms with E-state index in [9.17, 15) is 0 Å². The number of fused-ring (bicyclic) bond motifs is 1. The molecule has 0 unspecified atom stereocenters. The van der Waals surface area contributed by atoms with Gasteiger partial charge in [0.25, 0.3) is 0 Å². The van der Waals surface area contributed by atoms with Crippen LogP contribution in [0.25, 0.3) is 0 Å². The monoisotopic (exact) mass is 291 g/mol. The minimum Gasteiger partial charge on any atom is -0.314 e. The molecule has 6 heteroatoms. The number of nitrogens with one attached hydrogen (secondary N) is 1. The van der Waals surface area contributed by atoms with Gasteiger partial charge in [-0.15, -0.1) is 21.5 Å². The maximum atomic E-state index is 4.47. The van der Waals surface area contributed by atoms with E-state index in [2.05, 4.69) is 45.8 Å². The molecule has 5 nitrogen and oxygen atoms in total. The molecule has 1 aliphatic heterocycles. The van der Waals surface area contributed by atoms with Crippen molar-refractivity contribution in [2.45, 2.75) is 59.2 Å². The zero-order chi connectivity index (χ0) is 14.1. The molecule has 3 heterocycles. The van der Waals surface area contributed by atoms with Gasteiger partial charge < -0.3 is 9.88 Å². The van der Waals surface area contributed by atoms with Crippen molar-refractivity contribution in [3.05, 3.63) is 27.2 Å². The molecule has 0 bridgehead atoms. The summed E-state index contributed by atoms with van der Waals surface area (Å²) >= 11 is 1.77. The molecule has 0 fully saturated rings. The van der Waals surface area contributed by atoms with Gasteiger partial charge in [0.2, 0.25) is 0 Å². The van der Waals surface area contributed by atoms with Crippen LogP contribution in [0, 0.1) is 13.8 Å². The Labute approximate surface area is 123 Å². The van der Waals surface area contributed by atoms with Crippen molar-refractivity contribution >= 4 is 11.3 Å². The number of thiazole rings is 1. The van der Waals surface area contributed by atoms with Crippen LogP contribution in [0.2, 0.25) is 0 Å². The lowest BCUT2D eigenvalue weighted by Crippen LogP contribution is -2.23. The van der Waals surface area contributed by atoms with Crippen molar-refractivity contribution in [1.29, 1.82) is 0 Å². The summed E-state index contributed by atoms with van der Waals surface area (Å²) < 4.78 is 2.28. The van der Waals surface area contributed by atoms with Gasteiger partial charge in [-0.25, -0.2) is 4.98 Å². The van der Waals surface area contributed by atoms with Gasteiger partial charge in [-0.3, -0.25) is 0 Å². The first kappa shape index (κ1) is 13.7. The van der Waals surface area contributed by atoms with Gasteiger partial charge in [-0.2, -0.15) is 0 Å². The first-order valence-corrected chi connectivity index (χ1v) is 8.05. The van der Waals surface area contributed by atoms with Crippen molar-refractivity contribution in [3.63, 3.8) is 0 Å². The van der Waals surface area contributed by atoms with Gasteiger partial charge in [0.15, 0.2) is 0 Å². The summed E-state index contributed by atoms with van der Waals surface area (Å²) in [6.45, 7) is 8.20. The third kappa shape index (κ3) is 2.62. The summed E-state index contributed by atoms with van der Waals surface area (Å²) in [5.41, 5.74) is 1.13. The highest BCUT2D eigenvalue weighted by Gasteiger charge is 2.20. The van der Waals surface area contributed by atoms with E-state index < -0.39 is 0 Å². The Morgan fingerprint density at radius 1 is 1.30 bits per heavy atom. The molecule has 3 rings (SSSR count). The normalized spacial score (nSPS) is 16.1. The first-order chi connectivity index (χ1) is 9.65. The fraction of sp³-hybridized carbons (Fsp3) is 0.643. The Balaban J connectivity index is 1.69. The average Bonchev–Trinajstić information content (AvgIpc) is 2.99. The molecule has 2 aromatic rings. The van der Waals surface area contributed by atoms with Crippen LogP contribution in [0.3, 0.4) is 0 Å². The van der Waals surface area contributed by atoms with E-state index >= 15 is 0 Å². The molecular formula is C14H21N5S. The van der Waals surface area contributed by atoms with E-state index in [4.69, 9.17) is 0 Å². The Morgan fingerprint density at radius 2 is 2.15 bits per heavy atom. The van der Waals surface area contributed by atoms with E-state index in [0.29, 0.717) is 0 Å². The summed E-state index contributed by atoms with van der Waals surface area (Å²) in [6.07, 6.45) is 3.53. The fourth-order valence-corrected chi connectivity index (χ4v) is 3.61. The highest BCUT2D eigenvalue weighted by atomic mass is 32.1. The van der Waals surface area contributed by atoms with Gasteiger partial charge in [0.05, 0.1) is 16.7 Å². The van der Waals surface area contributed by atoms with Crippen LogP contribution in [-0.4, -0.2) is 19.7 Å². The number of nitrogens with zero attached hydrogens (tertiary/aromatic N) is 4. The SMILES string of the molecule is Cc1nc(C)c(CN[C@H](C)c2nnc3n2CCCC3)s1. The molecule has 20 heavy (non-hydrogen) atoms. The standard InChI is InChI=1S/C14H21N5S/c1-9-12(20-11(3)16-9)8-15-10(2)14-18-17-13-6-4-5-7-19(13)14/h10,15H,4-8H2,1-3H3/t10-/m1/s1. The number of aromatic nitrogens is 4. The van der Waals surface area contributed by atoms with Gasteiger partial charge in [-0.05, 0) is 33.6 Å². The topological polar surface area (TPSA) is 55.6 Å². The third-order valence-electron chi connectivity index (χ3n) is 3.84. The summed E-state index contributed by atoms with van der Waals surface area (Å²) in [6, 6.07) is 0.219. The summed E-state index contributed by atoms with van der Waals surface area (Å²) in [7, 11) is 0.